The highest BCUT2D eigenvalue weighted by molar-refractivity contribution is 14.0. The SMILES string of the molecule is C=CCNC(=NCC(O)c1ccccc1Cl)NCC.I. The summed E-state index contributed by atoms with van der Waals surface area (Å²) in [5.41, 5.74) is 0.687. The Kier molecular flexibility index (Phi) is 10.5. The fraction of sp³-hybridized carbons (Fsp3) is 0.357. The summed E-state index contributed by atoms with van der Waals surface area (Å²) in [6.07, 6.45) is 1.03. The zero-order valence-electron chi connectivity index (χ0n) is 11.5. The fourth-order valence-corrected chi connectivity index (χ4v) is 1.79. The number of rotatable bonds is 6. The van der Waals surface area contributed by atoms with E-state index in [9.17, 15) is 5.11 Å². The summed E-state index contributed by atoms with van der Waals surface area (Å²) in [7, 11) is 0. The van der Waals surface area contributed by atoms with Gasteiger partial charge in [0.1, 0.15) is 6.10 Å². The second-order valence-electron chi connectivity index (χ2n) is 3.93. The predicted octanol–water partition coefficient (Wildman–Crippen LogP) is 2.73. The van der Waals surface area contributed by atoms with Gasteiger partial charge in [-0.15, -0.1) is 30.6 Å². The molecule has 0 radical (unpaired) electrons. The van der Waals surface area contributed by atoms with Crippen LogP contribution in [-0.4, -0.2) is 30.7 Å². The summed E-state index contributed by atoms with van der Waals surface area (Å²) < 4.78 is 0. The molecule has 0 bridgehead atoms. The first-order valence-electron chi connectivity index (χ1n) is 6.24. The zero-order chi connectivity index (χ0) is 14.1. The van der Waals surface area contributed by atoms with Crippen LogP contribution in [0.15, 0.2) is 41.9 Å². The van der Waals surface area contributed by atoms with Gasteiger partial charge < -0.3 is 15.7 Å². The van der Waals surface area contributed by atoms with Gasteiger partial charge in [0.25, 0.3) is 0 Å². The van der Waals surface area contributed by atoms with Crippen molar-refractivity contribution in [3.05, 3.63) is 47.5 Å². The van der Waals surface area contributed by atoms with E-state index in [2.05, 4.69) is 22.2 Å². The Labute approximate surface area is 142 Å². The number of benzene rings is 1. The molecular weight excluding hydrogens is 389 g/mol. The number of nitrogens with zero attached hydrogens (tertiary/aromatic N) is 1. The van der Waals surface area contributed by atoms with E-state index in [1.165, 1.54) is 0 Å². The average molecular weight is 410 g/mol. The van der Waals surface area contributed by atoms with Gasteiger partial charge in [0.05, 0.1) is 6.54 Å². The van der Waals surface area contributed by atoms with E-state index < -0.39 is 6.10 Å². The third-order valence-electron chi connectivity index (χ3n) is 2.44. The van der Waals surface area contributed by atoms with Crippen molar-refractivity contribution in [1.82, 2.24) is 10.6 Å². The first kappa shape index (κ1) is 19.2. The zero-order valence-corrected chi connectivity index (χ0v) is 14.6. The van der Waals surface area contributed by atoms with E-state index in [4.69, 9.17) is 11.6 Å². The maximum Gasteiger partial charge on any atom is 0.191 e. The number of nitrogens with one attached hydrogen (secondary N) is 2. The second kappa shape index (κ2) is 10.9. The van der Waals surface area contributed by atoms with Gasteiger partial charge in [-0.1, -0.05) is 35.9 Å². The Morgan fingerprint density at radius 1 is 1.45 bits per heavy atom. The lowest BCUT2D eigenvalue weighted by molar-refractivity contribution is 0.187. The Hall–Kier alpha value is -0.790. The van der Waals surface area contributed by atoms with Gasteiger partial charge in [0.2, 0.25) is 0 Å². The van der Waals surface area contributed by atoms with Gasteiger partial charge in [-0.25, -0.2) is 0 Å². The van der Waals surface area contributed by atoms with Crippen molar-refractivity contribution in [2.75, 3.05) is 19.6 Å². The molecule has 0 spiro atoms. The summed E-state index contributed by atoms with van der Waals surface area (Å²) in [5, 5.41) is 16.8. The maximum absolute atomic E-state index is 10.1. The minimum absolute atomic E-state index is 0. The smallest absolute Gasteiger partial charge is 0.191 e. The molecule has 1 aromatic carbocycles. The number of hydrogen-bond donors (Lipinski definition) is 3. The van der Waals surface area contributed by atoms with E-state index in [0.29, 0.717) is 23.1 Å². The summed E-state index contributed by atoms with van der Waals surface area (Å²) in [5.74, 6) is 0.647. The molecule has 1 aromatic rings. The van der Waals surface area contributed by atoms with Crippen molar-refractivity contribution in [1.29, 1.82) is 0 Å². The molecule has 6 heteroatoms. The topological polar surface area (TPSA) is 56.7 Å². The van der Waals surface area contributed by atoms with Crippen molar-refractivity contribution in [2.45, 2.75) is 13.0 Å². The molecule has 0 aromatic heterocycles. The van der Waals surface area contributed by atoms with Crippen LogP contribution in [0.5, 0.6) is 0 Å². The van der Waals surface area contributed by atoms with Gasteiger partial charge in [-0.05, 0) is 13.0 Å². The van der Waals surface area contributed by atoms with E-state index in [-0.39, 0.29) is 30.5 Å². The quantitative estimate of drug-likeness (QED) is 0.293. The highest BCUT2D eigenvalue weighted by Gasteiger charge is 2.10. The highest BCUT2D eigenvalue weighted by atomic mass is 127. The number of aliphatic hydroxyl groups is 1. The van der Waals surface area contributed by atoms with Crippen molar-refractivity contribution in [3.8, 4) is 0 Å². The first-order chi connectivity index (χ1) is 9.19. The summed E-state index contributed by atoms with van der Waals surface area (Å²) in [4.78, 5) is 4.31. The minimum Gasteiger partial charge on any atom is -0.386 e. The average Bonchev–Trinajstić information content (AvgIpc) is 2.42. The maximum atomic E-state index is 10.1. The first-order valence-corrected chi connectivity index (χ1v) is 6.62. The number of guanidine groups is 1. The molecule has 0 saturated heterocycles. The molecule has 1 unspecified atom stereocenters. The van der Waals surface area contributed by atoms with Crippen LogP contribution < -0.4 is 10.6 Å². The van der Waals surface area contributed by atoms with Gasteiger partial charge in [0.15, 0.2) is 5.96 Å². The Morgan fingerprint density at radius 2 is 2.15 bits per heavy atom. The molecule has 112 valence electrons. The van der Waals surface area contributed by atoms with E-state index in [0.717, 1.165) is 6.54 Å². The molecule has 20 heavy (non-hydrogen) atoms. The minimum atomic E-state index is -0.715. The molecule has 0 aliphatic heterocycles. The lowest BCUT2D eigenvalue weighted by Gasteiger charge is -2.13. The van der Waals surface area contributed by atoms with Crippen molar-refractivity contribution < 1.29 is 5.11 Å². The standard InChI is InChI=1S/C14H20ClN3O.HI/c1-3-9-17-14(16-4-2)18-10-13(19)11-7-5-6-8-12(11)15;/h3,5-8,13,19H,1,4,9-10H2,2H3,(H2,16,17,18);1H. The molecule has 0 saturated carbocycles. The third-order valence-corrected chi connectivity index (χ3v) is 2.79. The summed E-state index contributed by atoms with van der Waals surface area (Å²) in [6, 6.07) is 7.23. The Bertz CT molecular complexity index is 440. The van der Waals surface area contributed by atoms with Gasteiger partial charge in [-0.3, -0.25) is 4.99 Å². The molecule has 0 aliphatic rings. The van der Waals surface area contributed by atoms with Crippen molar-refractivity contribution in [2.24, 2.45) is 4.99 Å². The molecule has 1 rings (SSSR count). The van der Waals surface area contributed by atoms with Crippen LogP contribution in [0.1, 0.15) is 18.6 Å². The number of aliphatic hydroxyl groups excluding tert-OH is 1. The van der Waals surface area contributed by atoms with Crippen LogP contribution in [0.4, 0.5) is 0 Å². The van der Waals surface area contributed by atoms with Crippen LogP contribution in [0.25, 0.3) is 0 Å². The largest absolute Gasteiger partial charge is 0.386 e. The summed E-state index contributed by atoms with van der Waals surface area (Å²) >= 11 is 6.03. The molecule has 4 nitrogen and oxygen atoms in total. The van der Waals surface area contributed by atoms with Gasteiger partial charge in [0, 0.05) is 23.7 Å². The van der Waals surface area contributed by atoms with Crippen molar-refractivity contribution >= 4 is 41.5 Å². The number of hydrogen-bond acceptors (Lipinski definition) is 2. The fourth-order valence-electron chi connectivity index (χ4n) is 1.53. The molecule has 1 atom stereocenters. The van der Waals surface area contributed by atoms with Crippen LogP contribution in [-0.2, 0) is 0 Å². The predicted molar refractivity (Wildman–Crippen MR) is 96.0 cm³/mol. The van der Waals surface area contributed by atoms with E-state index in [1.807, 2.05) is 19.1 Å². The highest BCUT2D eigenvalue weighted by Crippen LogP contribution is 2.22. The molecule has 0 fully saturated rings. The monoisotopic (exact) mass is 409 g/mol. The molecule has 0 amide bonds. The van der Waals surface area contributed by atoms with Crippen molar-refractivity contribution in [3.63, 3.8) is 0 Å². The van der Waals surface area contributed by atoms with E-state index in [1.54, 1.807) is 18.2 Å². The van der Waals surface area contributed by atoms with Crippen LogP contribution in [0, 0.1) is 0 Å². The molecular formula is C14H21ClIN3O. The lowest BCUT2D eigenvalue weighted by Crippen LogP contribution is -2.37. The van der Waals surface area contributed by atoms with E-state index >= 15 is 0 Å². The Balaban J connectivity index is 0.00000361. The Morgan fingerprint density at radius 3 is 2.75 bits per heavy atom. The van der Waals surface area contributed by atoms with Crippen LogP contribution in [0.3, 0.4) is 0 Å². The second-order valence-corrected chi connectivity index (χ2v) is 4.33. The third kappa shape index (κ3) is 6.58. The number of aliphatic imine (C=N–C) groups is 1. The lowest BCUT2D eigenvalue weighted by atomic mass is 10.1. The molecule has 0 heterocycles. The number of halogens is 2. The summed E-state index contributed by atoms with van der Waals surface area (Å²) in [6.45, 7) is 7.24. The molecule has 0 aliphatic carbocycles. The normalized spacial score (nSPS) is 12.2. The van der Waals surface area contributed by atoms with Gasteiger partial charge in [-0.2, -0.15) is 0 Å². The molecule has 3 N–H and O–H groups in total. The van der Waals surface area contributed by atoms with Crippen LogP contribution >= 0.6 is 35.6 Å². The van der Waals surface area contributed by atoms with Crippen LogP contribution in [0.2, 0.25) is 5.02 Å². The van der Waals surface area contributed by atoms with Gasteiger partial charge >= 0.3 is 0 Å².